The summed E-state index contributed by atoms with van der Waals surface area (Å²) < 4.78 is 13.0. The highest BCUT2D eigenvalue weighted by Crippen LogP contribution is 2.17. The average molecular weight is 274 g/mol. The fraction of sp³-hybridized carbons (Fsp3) is 0.0714. The molecule has 1 amide bonds. The molecule has 102 valence electrons. The second kappa shape index (κ2) is 5.48. The van der Waals surface area contributed by atoms with Crippen molar-refractivity contribution in [3.05, 3.63) is 59.2 Å². The van der Waals surface area contributed by atoms with Crippen LogP contribution in [0, 0.1) is 12.7 Å². The van der Waals surface area contributed by atoms with Crippen molar-refractivity contribution in [2.24, 2.45) is 0 Å². The minimum atomic E-state index is -1.24. The maximum absolute atomic E-state index is 13.0. The number of hydrogen-bond donors (Lipinski definition) is 2. The number of nitrogens with zero attached hydrogens (tertiary/aromatic N) is 1. The molecule has 0 aliphatic rings. The fourth-order valence-corrected chi connectivity index (χ4v) is 1.71. The summed E-state index contributed by atoms with van der Waals surface area (Å²) in [6.45, 7) is 1.63. The van der Waals surface area contributed by atoms with Gasteiger partial charge in [0.2, 0.25) is 0 Å². The van der Waals surface area contributed by atoms with Gasteiger partial charge < -0.3 is 10.4 Å². The number of rotatable bonds is 3. The number of halogens is 1. The highest BCUT2D eigenvalue weighted by atomic mass is 19.1. The van der Waals surface area contributed by atoms with Crippen molar-refractivity contribution >= 4 is 17.6 Å². The third-order valence-electron chi connectivity index (χ3n) is 2.69. The lowest BCUT2D eigenvalue weighted by molar-refractivity contribution is 0.0691. The van der Waals surface area contributed by atoms with Crippen molar-refractivity contribution in [3.8, 4) is 0 Å². The first-order valence-corrected chi connectivity index (χ1v) is 5.75. The Kier molecular flexibility index (Phi) is 3.74. The Morgan fingerprint density at radius 2 is 2.05 bits per heavy atom. The van der Waals surface area contributed by atoms with Gasteiger partial charge in [0.25, 0.3) is 5.91 Å². The number of carboxylic acid groups (broad SMARTS) is 1. The van der Waals surface area contributed by atoms with Crippen LogP contribution in [0.5, 0.6) is 0 Å². The van der Waals surface area contributed by atoms with Crippen molar-refractivity contribution in [1.29, 1.82) is 0 Å². The SMILES string of the molecule is Cc1cc(F)ccc1NC(=O)c1ncccc1C(=O)O. The van der Waals surface area contributed by atoms with Crippen LogP contribution in [0.3, 0.4) is 0 Å². The molecule has 0 atom stereocenters. The fourth-order valence-electron chi connectivity index (χ4n) is 1.71. The predicted octanol–water partition coefficient (Wildman–Crippen LogP) is 2.48. The molecule has 0 bridgehead atoms. The van der Waals surface area contributed by atoms with E-state index in [2.05, 4.69) is 10.3 Å². The van der Waals surface area contributed by atoms with Crippen molar-refractivity contribution in [2.75, 3.05) is 5.32 Å². The van der Waals surface area contributed by atoms with Gasteiger partial charge in [0.1, 0.15) is 11.5 Å². The second-order valence-corrected chi connectivity index (χ2v) is 4.12. The van der Waals surface area contributed by atoms with Crippen LogP contribution in [-0.2, 0) is 0 Å². The Morgan fingerprint density at radius 1 is 1.30 bits per heavy atom. The lowest BCUT2D eigenvalue weighted by Gasteiger charge is -2.09. The topological polar surface area (TPSA) is 79.3 Å². The summed E-state index contributed by atoms with van der Waals surface area (Å²) in [5, 5.41) is 11.5. The number of amides is 1. The summed E-state index contributed by atoms with van der Waals surface area (Å²) in [6.07, 6.45) is 1.33. The monoisotopic (exact) mass is 274 g/mol. The third kappa shape index (κ3) is 2.80. The zero-order valence-corrected chi connectivity index (χ0v) is 10.6. The molecule has 0 saturated carbocycles. The zero-order chi connectivity index (χ0) is 14.7. The second-order valence-electron chi connectivity index (χ2n) is 4.12. The van der Waals surface area contributed by atoms with Crippen LogP contribution < -0.4 is 5.32 Å². The van der Waals surface area contributed by atoms with E-state index in [1.807, 2.05) is 0 Å². The largest absolute Gasteiger partial charge is 0.478 e. The Hall–Kier alpha value is -2.76. The molecule has 2 N–H and O–H groups in total. The number of carbonyl (C=O) groups is 2. The van der Waals surface area contributed by atoms with E-state index in [0.29, 0.717) is 11.3 Å². The molecule has 6 heteroatoms. The molecule has 0 aliphatic carbocycles. The normalized spacial score (nSPS) is 10.1. The van der Waals surface area contributed by atoms with E-state index in [1.165, 1.54) is 36.5 Å². The van der Waals surface area contributed by atoms with Gasteiger partial charge in [0.05, 0.1) is 5.56 Å². The number of anilines is 1. The summed E-state index contributed by atoms with van der Waals surface area (Å²) in [4.78, 5) is 26.8. The van der Waals surface area contributed by atoms with E-state index in [1.54, 1.807) is 6.92 Å². The number of aromatic nitrogens is 1. The van der Waals surface area contributed by atoms with Gasteiger partial charge in [-0.25, -0.2) is 9.18 Å². The summed E-state index contributed by atoms with van der Waals surface area (Å²) in [5.41, 5.74) is 0.554. The van der Waals surface area contributed by atoms with Crippen LogP contribution in [-0.4, -0.2) is 22.0 Å². The van der Waals surface area contributed by atoms with E-state index >= 15 is 0 Å². The lowest BCUT2D eigenvalue weighted by Crippen LogP contribution is -2.18. The van der Waals surface area contributed by atoms with Crippen molar-refractivity contribution in [1.82, 2.24) is 4.98 Å². The molecule has 1 aromatic carbocycles. The van der Waals surface area contributed by atoms with Crippen molar-refractivity contribution in [2.45, 2.75) is 6.92 Å². The van der Waals surface area contributed by atoms with E-state index in [9.17, 15) is 14.0 Å². The summed E-state index contributed by atoms with van der Waals surface area (Å²) in [5.74, 6) is -2.30. The molecule has 0 saturated heterocycles. The molecule has 2 rings (SSSR count). The number of nitrogens with one attached hydrogen (secondary N) is 1. The lowest BCUT2D eigenvalue weighted by atomic mass is 10.1. The van der Waals surface area contributed by atoms with E-state index in [4.69, 9.17) is 5.11 Å². The average Bonchev–Trinajstić information content (AvgIpc) is 2.41. The number of pyridine rings is 1. The van der Waals surface area contributed by atoms with Crippen molar-refractivity contribution < 1.29 is 19.1 Å². The Balaban J connectivity index is 2.31. The molecule has 2 aromatic rings. The van der Waals surface area contributed by atoms with Gasteiger partial charge in [0.15, 0.2) is 0 Å². The van der Waals surface area contributed by atoms with Gasteiger partial charge in [-0.3, -0.25) is 9.78 Å². The van der Waals surface area contributed by atoms with Gasteiger partial charge in [-0.2, -0.15) is 0 Å². The molecule has 20 heavy (non-hydrogen) atoms. The highest BCUT2D eigenvalue weighted by molar-refractivity contribution is 6.09. The Labute approximate surface area is 114 Å². The molecule has 1 aromatic heterocycles. The van der Waals surface area contributed by atoms with E-state index in [0.717, 1.165) is 0 Å². The smallest absolute Gasteiger partial charge is 0.338 e. The van der Waals surface area contributed by atoms with Crippen LogP contribution in [0.25, 0.3) is 0 Å². The maximum Gasteiger partial charge on any atom is 0.338 e. The molecule has 0 radical (unpaired) electrons. The van der Waals surface area contributed by atoms with Crippen LogP contribution in [0.15, 0.2) is 36.5 Å². The number of aryl methyl sites for hydroxylation is 1. The number of carboxylic acids is 1. The van der Waals surface area contributed by atoms with Gasteiger partial charge in [-0.05, 0) is 42.8 Å². The molecule has 0 aliphatic heterocycles. The number of hydrogen-bond acceptors (Lipinski definition) is 3. The van der Waals surface area contributed by atoms with Crippen molar-refractivity contribution in [3.63, 3.8) is 0 Å². The van der Waals surface area contributed by atoms with Crippen LogP contribution in [0.4, 0.5) is 10.1 Å². The molecular weight excluding hydrogens is 263 g/mol. The molecular formula is C14H11FN2O3. The Morgan fingerprint density at radius 3 is 2.70 bits per heavy atom. The van der Waals surface area contributed by atoms with E-state index < -0.39 is 17.7 Å². The number of carbonyl (C=O) groups excluding carboxylic acids is 1. The zero-order valence-electron chi connectivity index (χ0n) is 10.6. The van der Waals surface area contributed by atoms with E-state index in [-0.39, 0.29) is 11.3 Å². The quantitative estimate of drug-likeness (QED) is 0.901. The summed E-state index contributed by atoms with van der Waals surface area (Å²) >= 11 is 0. The minimum Gasteiger partial charge on any atom is -0.478 e. The summed E-state index contributed by atoms with van der Waals surface area (Å²) in [7, 11) is 0. The maximum atomic E-state index is 13.0. The highest BCUT2D eigenvalue weighted by Gasteiger charge is 2.18. The summed E-state index contributed by atoms with van der Waals surface area (Å²) in [6, 6.07) is 6.61. The van der Waals surface area contributed by atoms with Crippen LogP contribution >= 0.6 is 0 Å². The third-order valence-corrected chi connectivity index (χ3v) is 2.69. The first-order valence-electron chi connectivity index (χ1n) is 5.75. The Bertz CT molecular complexity index is 686. The standard InChI is InChI=1S/C14H11FN2O3/c1-8-7-9(15)4-5-11(8)17-13(18)12-10(14(19)20)3-2-6-16-12/h2-7H,1H3,(H,17,18)(H,19,20). The molecule has 0 fully saturated rings. The molecule has 0 unspecified atom stereocenters. The van der Waals surface area contributed by atoms with Gasteiger partial charge >= 0.3 is 5.97 Å². The van der Waals surface area contributed by atoms with Crippen LogP contribution in [0.1, 0.15) is 26.4 Å². The number of benzene rings is 1. The van der Waals surface area contributed by atoms with Gasteiger partial charge in [-0.15, -0.1) is 0 Å². The molecule has 1 heterocycles. The number of aromatic carboxylic acids is 1. The van der Waals surface area contributed by atoms with Gasteiger partial charge in [0, 0.05) is 11.9 Å². The first kappa shape index (κ1) is 13.7. The minimum absolute atomic E-state index is 0.190. The molecule has 5 nitrogen and oxygen atoms in total. The van der Waals surface area contributed by atoms with Crippen LogP contribution in [0.2, 0.25) is 0 Å². The van der Waals surface area contributed by atoms with Gasteiger partial charge in [-0.1, -0.05) is 0 Å². The predicted molar refractivity (Wildman–Crippen MR) is 70.3 cm³/mol. The first-order chi connectivity index (χ1) is 9.49. The molecule has 0 spiro atoms.